The molecule has 1 aliphatic carbocycles. The third kappa shape index (κ3) is 2.53. The van der Waals surface area contributed by atoms with E-state index in [9.17, 15) is 4.79 Å². The van der Waals surface area contributed by atoms with Crippen molar-refractivity contribution < 1.29 is 9.53 Å². The number of carbonyl (C=O) groups excluding carboxylic acids is 1. The van der Waals surface area contributed by atoms with Gasteiger partial charge in [0, 0.05) is 19.0 Å². The van der Waals surface area contributed by atoms with Crippen LogP contribution in [0.15, 0.2) is 0 Å². The Hall–Kier alpha value is -1.21. The molecule has 3 atom stereocenters. The predicted octanol–water partition coefficient (Wildman–Crippen LogP) is 1.50. The van der Waals surface area contributed by atoms with Crippen LogP contribution >= 0.6 is 12.2 Å². The van der Waals surface area contributed by atoms with Crippen LogP contribution in [0.3, 0.4) is 0 Å². The van der Waals surface area contributed by atoms with Gasteiger partial charge in [0.2, 0.25) is 5.91 Å². The predicted molar refractivity (Wildman–Crippen MR) is 78.4 cm³/mol. The normalized spacial score (nSPS) is 30.8. The van der Waals surface area contributed by atoms with Crippen LogP contribution in [0.2, 0.25) is 0 Å². The maximum Gasteiger partial charge on any atom is 0.225 e. The van der Waals surface area contributed by atoms with E-state index in [-0.39, 0.29) is 17.9 Å². The molecule has 0 unspecified atom stereocenters. The molecule has 0 spiro atoms. The smallest absolute Gasteiger partial charge is 0.225 e. The van der Waals surface area contributed by atoms with E-state index in [4.69, 9.17) is 17.0 Å². The van der Waals surface area contributed by atoms with Crippen LogP contribution < -0.4 is 5.32 Å². The minimum Gasteiger partial charge on any atom is -0.374 e. The number of nitrogens with zero attached hydrogens (tertiary/aromatic N) is 2. The van der Waals surface area contributed by atoms with Crippen molar-refractivity contribution in [3.63, 3.8) is 0 Å². The molecule has 3 fully saturated rings. The highest BCUT2D eigenvalue weighted by Crippen LogP contribution is 2.39. The first-order valence-electron chi connectivity index (χ1n) is 7.80. The third-order valence-corrected chi connectivity index (χ3v) is 5.12. The van der Waals surface area contributed by atoms with E-state index in [0.29, 0.717) is 29.9 Å². The Bertz CT molecular complexity index is 606. The summed E-state index contributed by atoms with van der Waals surface area (Å²) >= 11 is 5.26. The van der Waals surface area contributed by atoms with Gasteiger partial charge in [-0.15, -0.1) is 0 Å². The summed E-state index contributed by atoms with van der Waals surface area (Å²) in [6.07, 6.45) is 5.87. The lowest BCUT2D eigenvalue weighted by Gasteiger charge is -2.18. The highest BCUT2D eigenvalue weighted by molar-refractivity contribution is 7.71. The molecule has 1 aromatic rings. The second kappa shape index (κ2) is 5.21. The number of ether oxygens (including phenoxy) is 1. The fourth-order valence-electron chi connectivity index (χ4n) is 3.53. The molecule has 2 bridgehead atoms. The van der Waals surface area contributed by atoms with Crippen LogP contribution in [0.25, 0.3) is 0 Å². The SMILES string of the molecule is O=C(NCCn1c(C2CC2)n[nH]c1=S)[C@@H]1C[C@H]2CC[C@H]1O2. The number of hydrogen-bond acceptors (Lipinski definition) is 4. The van der Waals surface area contributed by atoms with Gasteiger partial charge in [-0.3, -0.25) is 9.89 Å². The standard InChI is InChI=1S/C14H20N4O2S/c19-13(10-7-9-3-4-11(10)20-9)15-5-6-18-12(8-1-2-8)16-17-14(18)21/h8-11H,1-7H2,(H,15,19)(H,17,21)/t9-,10-,11-/m1/s1. The van der Waals surface area contributed by atoms with Crippen molar-refractivity contribution in [2.75, 3.05) is 6.54 Å². The van der Waals surface area contributed by atoms with E-state index < -0.39 is 0 Å². The molecular weight excluding hydrogens is 288 g/mol. The lowest BCUT2D eigenvalue weighted by molar-refractivity contribution is -0.126. The average Bonchev–Trinajstić information content (AvgIpc) is 2.93. The topological polar surface area (TPSA) is 71.9 Å². The summed E-state index contributed by atoms with van der Waals surface area (Å²) in [4.78, 5) is 12.2. The number of rotatable bonds is 5. The number of amides is 1. The van der Waals surface area contributed by atoms with Crippen molar-refractivity contribution >= 4 is 18.1 Å². The summed E-state index contributed by atoms with van der Waals surface area (Å²) in [5.41, 5.74) is 0. The molecule has 3 aliphatic rings. The van der Waals surface area contributed by atoms with Crippen molar-refractivity contribution in [1.29, 1.82) is 0 Å². The Morgan fingerprint density at radius 3 is 2.95 bits per heavy atom. The molecule has 0 radical (unpaired) electrons. The summed E-state index contributed by atoms with van der Waals surface area (Å²) in [5.74, 6) is 1.76. The highest BCUT2D eigenvalue weighted by atomic mass is 32.1. The number of nitrogens with one attached hydrogen (secondary N) is 2. The zero-order valence-corrected chi connectivity index (χ0v) is 12.7. The number of hydrogen-bond donors (Lipinski definition) is 2. The molecular formula is C14H20N4O2S. The molecule has 1 amide bonds. The first-order chi connectivity index (χ1) is 10.2. The van der Waals surface area contributed by atoms with E-state index >= 15 is 0 Å². The molecule has 21 heavy (non-hydrogen) atoms. The molecule has 2 aliphatic heterocycles. The molecule has 4 rings (SSSR count). The lowest BCUT2D eigenvalue weighted by atomic mass is 9.88. The molecule has 0 aromatic carbocycles. The average molecular weight is 308 g/mol. The van der Waals surface area contributed by atoms with Crippen LogP contribution in [-0.2, 0) is 16.1 Å². The van der Waals surface area contributed by atoms with Gasteiger partial charge in [-0.05, 0) is 44.3 Å². The van der Waals surface area contributed by atoms with Gasteiger partial charge in [-0.1, -0.05) is 0 Å². The number of fused-ring (bicyclic) bond motifs is 2. The lowest BCUT2D eigenvalue weighted by Crippen LogP contribution is -2.37. The number of aromatic nitrogens is 3. The molecule has 2 N–H and O–H groups in total. The van der Waals surface area contributed by atoms with Gasteiger partial charge in [0.25, 0.3) is 0 Å². The third-order valence-electron chi connectivity index (χ3n) is 4.81. The number of carbonyl (C=O) groups is 1. The monoisotopic (exact) mass is 308 g/mol. The first kappa shape index (κ1) is 13.5. The van der Waals surface area contributed by atoms with Crippen LogP contribution in [-0.4, -0.2) is 39.4 Å². The van der Waals surface area contributed by atoms with Gasteiger partial charge in [0.15, 0.2) is 4.77 Å². The van der Waals surface area contributed by atoms with Crippen molar-refractivity contribution in [3.05, 3.63) is 10.6 Å². The first-order valence-corrected chi connectivity index (χ1v) is 8.21. The molecule has 6 nitrogen and oxygen atoms in total. The molecule has 7 heteroatoms. The number of H-pyrrole nitrogens is 1. The van der Waals surface area contributed by atoms with Gasteiger partial charge >= 0.3 is 0 Å². The van der Waals surface area contributed by atoms with Crippen molar-refractivity contribution in [3.8, 4) is 0 Å². The fraction of sp³-hybridized carbons (Fsp3) is 0.786. The Kier molecular flexibility index (Phi) is 3.34. The van der Waals surface area contributed by atoms with Crippen LogP contribution in [0.5, 0.6) is 0 Å². The second-order valence-corrected chi connectivity index (χ2v) is 6.71. The minimum absolute atomic E-state index is 0.0453. The summed E-state index contributed by atoms with van der Waals surface area (Å²) < 4.78 is 8.40. The van der Waals surface area contributed by atoms with Crippen LogP contribution in [0.1, 0.15) is 43.8 Å². The number of aromatic amines is 1. The van der Waals surface area contributed by atoms with Crippen molar-refractivity contribution in [1.82, 2.24) is 20.1 Å². The Morgan fingerprint density at radius 2 is 2.29 bits per heavy atom. The van der Waals surface area contributed by atoms with Gasteiger partial charge < -0.3 is 14.6 Å². The maximum absolute atomic E-state index is 12.2. The van der Waals surface area contributed by atoms with E-state index in [1.165, 1.54) is 12.8 Å². The van der Waals surface area contributed by atoms with E-state index in [1.807, 2.05) is 4.57 Å². The van der Waals surface area contributed by atoms with Crippen molar-refractivity contribution in [2.45, 2.75) is 56.8 Å². The van der Waals surface area contributed by atoms with Crippen LogP contribution in [0.4, 0.5) is 0 Å². The minimum atomic E-state index is 0.0453. The quantitative estimate of drug-likeness (QED) is 0.809. The molecule has 1 saturated carbocycles. The molecule has 3 heterocycles. The molecule has 2 saturated heterocycles. The van der Waals surface area contributed by atoms with Gasteiger partial charge in [-0.25, -0.2) is 0 Å². The summed E-state index contributed by atoms with van der Waals surface area (Å²) in [7, 11) is 0. The maximum atomic E-state index is 12.2. The fourth-order valence-corrected chi connectivity index (χ4v) is 3.77. The zero-order valence-electron chi connectivity index (χ0n) is 11.9. The Balaban J connectivity index is 1.32. The van der Waals surface area contributed by atoms with Crippen LogP contribution in [0, 0.1) is 10.7 Å². The van der Waals surface area contributed by atoms with E-state index in [0.717, 1.165) is 25.1 Å². The van der Waals surface area contributed by atoms with E-state index in [2.05, 4.69) is 15.5 Å². The summed E-state index contributed by atoms with van der Waals surface area (Å²) in [6.45, 7) is 1.29. The summed E-state index contributed by atoms with van der Waals surface area (Å²) in [5, 5.41) is 10.2. The Morgan fingerprint density at radius 1 is 1.43 bits per heavy atom. The van der Waals surface area contributed by atoms with Gasteiger partial charge in [-0.2, -0.15) is 5.10 Å². The zero-order chi connectivity index (χ0) is 14.4. The Labute approximate surface area is 128 Å². The largest absolute Gasteiger partial charge is 0.374 e. The second-order valence-electron chi connectivity index (χ2n) is 6.32. The highest BCUT2D eigenvalue weighted by Gasteiger charge is 2.44. The van der Waals surface area contributed by atoms with Gasteiger partial charge in [0.1, 0.15) is 5.82 Å². The van der Waals surface area contributed by atoms with E-state index in [1.54, 1.807) is 0 Å². The molecule has 114 valence electrons. The van der Waals surface area contributed by atoms with Gasteiger partial charge in [0.05, 0.1) is 18.1 Å². The van der Waals surface area contributed by atoms with Crippen molar-refractivity contribution in [2.24, 2.45) is 5.92 Å². The summed E-state index contributed by atoms with van der Waals surface area (Å²) in [6, 6.07) is 0. The molecule has 1 aromatic heterocycles.